The van der Waals surface area contributed by atoms with E-state index < -0.39 is 5.41 Å². The maximum absolute atomic E-state index is 15.4. The summed E-state index contributed by atoms with van der Waals surface area (Å²) < 4.78 is 2.06. The molecular formula is C52H33NO. The first-order valence-corrected chi connectivity index (χ1v) is 19.0. The molecule has 0 fully saturated rings. The Labute approximate surface area is 312 Å². The van der Waals surface area contributed by atoms with Crippen molar-refractivity contribution in [3.8, 4) is 27.9 Å². The van der Waals surface area contributed by atoms with Gasteiger partial charge in [0.1, 0.15) is 0 Å². The number of fused-ring (bicyclic) bond motifs is 14. The summed E-state index contributed by atoms with van der Waals surface area (Å²) in [5.74, 6) is 0. The molecule has 9 aromatic rings. The first-order valence-electron chi connectivity index (χ1n) is 19.0. The second kappa shape index (κ2) is 10.9. The Morgan fingerprint density at radius 1 is 0.481 bits per heavy atom. The zero-order valence-corrected chi connectivity index (χ0v) is 29.5. The Hall–Kier alpha value is -6.77. The molecule has 0 radical (unpaired) electrons. The summed E-state index contributed by atoms with van der Waals surface area (Å²) in [5.41, 5.74) is 14.3. The van der Waals surface area contributed by atoms with E-state index in [4.69, 9.17) is 0 Å². The molecule has 0 bridgehead atoms. The number of rotatable bonds is 2. The molecule has 0 N–H and O–H groups in total. The fraction of sp³-hybridized carbons (Fsp3) is 0.0577. The van der Waals surface area contributed by atoms with Gasteiger partial charge in [0.25, 0.3) is 5.56 Å². The Balaban J connectivity index is 1.29. The van der Waals surface area contributed by atoms with E-state index in [-0.39, 0.29) is 5.56 Å². The monoisotopic (exact) mass is 687 g/mol. The molecular weight excluding hydrogens is 655 g/mol. The summed E-state index contributed by atoms with van der Waals surface area (Å²) in [6, 6.07) is 58.9. The molecule has 1 heterocycles. The van der Waals surface area contributed by atoms with Gasteiger partial charge in [-0.1, -0.05) is 158 Å². The number of pyridine rings is 1. The highest BCUT2D eigenvalue weighted by atomic mass is 16.1. The van der Waals surface area contributed by atoms with Crippen molar-refractivity contribution < 1.29 is 0 Å². The van der Waals surface area contributed by atoms with Crippen molar-refractivity contribution in [2.75, 3.05) is 0 Å². The van der Waals surface area contributed by atoms with Crippen LogP contribution in [0.2, 0.25) is 0 Å². The highest BCUT2D eigenvalue weighted by Crippen LogP contribution is 2.63. The summed E-state index contributed by atoms with van der Waals surface area (Å²) in [4.78, 5) is 15.4. The molecule has 0 saturated carbocycles. The normalized spacial score (nSPS) is 16.7. The van der Waals surface area contributed by atoms with Crippen LogP contribution in [0.25, 0.3) is 76.7 Å². The van der Waals surface area contributed by atoms with Crippen LogP contribution >= 0.6 is 0 Å². The summed E-state index contributed by atoms with van der Waals surface area (Å²) in [6.45, 7) is 0. The van der Waals surface area contributed by atoms with Crippen molar-refractivity contribution >= 4 is 48.8 Å². The standard InChI is InChI=1S/C52H33NO/c54-51-41-26-9-4-18-33(41)43-30-42-36-21-12-15-29-46(36)52(44-27-13-10-19-34(44)35-20-11-14-28-45(35)52)47(42)31-48(43)53(51)50-39-24-7-5-22-37(39)49(32-16-2-1-3-17-32)38-23-6-8-25-40(38)50/h1-10,12-19,21-31H,11,20H2. The lowest BCUT2D eigenvalue weighted by Crippen LogP contribution is -2.27. The molecule has 1 spiro atoms. The van der Waals surface area contributed by atoms with Gasteiger partial charge < -0.3 is 0 Å². The SMILES string of the molecule is O=c1c2ccccc2c2cc3c(cc2n1-c1c2ccccc2c(-c2ccccc2)c2ccccc12)C1(C2=C(CCC=C2)c2ccccc21)c1ccccc1-3. The van der Waals surface area contributed by atoms with Gasteiger partial charge in [-0.3, -0.25) is 9.36 Å². The third-order valence-electron chi connectivity index (χ3n) is 12.5. The van der Waals surface area contributed by atoms with E-state index in [0.29, 0.717) is 0 Å². The van der Waals surface area contributed by atoms with Crippen LogP contribution in [0, 0.1) is 0 Å². The van der Waals surface area contributed by atoms with E-state index in [1.54, 1.807) is 0 Å². The van der Waals surface area contributed by atoms with Crippen LogP contribution in [0.1, 0.15) is 35.1 Å². The lowest BCUT2D eigenvalue weighted by Gasteiger charge is -2.32. The first kappa shape index (κ1) is 29.8. The van der Waals surface area contributed by atoms with Crippen LogP contribution in [0.5, 0.6) is 0 Å². The predicted octanol–water partition coefficient (Wildman–Crippen LogP) is 12.5. The van der Waals surface area contributed by atoms with Gasteiger partial charge in [-0.25, -0.2) is 0 Å². The van der Waals surface area contributed by atoms with Gasteiger partial charge in [-0.2, -0.15) is 0 Å². The van der Waals surface area contributed by atoms with Crippen LogP contribution in [-0.4, -0.2) is 4.57 Å². The van der Waals surface area contributed by atoms with Gasteiger partial charge in [0.15, 0.2) is 0 Å². The quantitative estimate of drug-likeness (QED) is 0.131. The molecule has 2 nitrogen and oxygen atoms in total. The van der Waals surface area contributed by atoms with Crippen molar-refractivity contribution in [3.05, 3.63) is 214 Å². The number of hydrogen-bond acceptors (Lipinski definition) is 1. The Bertz CT molecular complexity index is 3180. The van der Waals surface area contributed by atoms with Gasteiger partial charge in [0.2, 0.25) is 0 Å². The van der Waals surface area contributed by atoms with E-state index in [1.807, 2.05) is 12.1 Å². The molecule has 0 aliphatic heterocycles. The van der Waals surface area contributed by atoms with Crippen molar-refractivity contribution in [1.29, 1.82) is 0 Å². The van der Waals surface area contributed by atoms with Crippen molar-refractivity contribution in [1.82, 2.24) is 4.57 Å². The van der Waals surface area contributed by atoms with Gasteiger partial charge in [0, 0.05) is 21.5 Å². The van der Waals surface area contributed by atoms with Crippen molar-refractivity contribution in [2.24, 2.45) is 0 Å². The zero-order chi connectivity index (χ0) is 35.5. The van der Waals surface area contributed by atoms with Gasteiger partial charge >= 0.3 is 0 Å². The smallest absolute Gasteiger partial charge is 0.263 e. The molecule has 3 aliphatic rings. The van der Waals surface area contributed by atoms with Crippen molar-refractivity contribution in [2.45, 2.75) is 18.3 Å². The van der Waals surface area contributed by atoms with Gasteiger partial charge in [0.05, 0.1) is 16.6 Å². The fourth-order valence-corrected chi connectivity index (χ4v) is 10.4. The second-order valence-corrected chi connectivity index (χ2v) is 15.0. The third kappa shape index (κ3) is 3.67. The van der Waals surface area contributed by atoms with Crippen molar-refractivity contribution in [3.63, 3.8) is 0 Å². The predicted molar refractivity (Wildman–Crippen MR) is 225 cm³/mol. The minimum Gasteiger partial charge on any atom is -0.275 e. The third-order valence-corrected chi connectivity index (χ3v) is 12.5. The average Bonchev–Trinajstić information content (AvgIpc) is 3.70. The summed E-state index contributed by atoms with van der Waals surface area (Å²) in [6.07, 6.45) is 6.81. The molecule has 252 valence electrons. The van der Waals surface area contributed by atoms with Crippen LogP contribution < -0.4 is 5.56 Å². The fourth-order valence-electron chi connectivity index (χ4n) is 10.4. The van der Waals surface area contributed by atoms with Crippen LogP contribution in [-0.2, 0) is 5.41 Å². The van der Waals surface area contributed by atoms with Crippen LogP contribution in [0.3, 0.4) is 0 Å². The largest absolute Gasteiger partial charge is 0.275 e. The molecule has 1 atom stereocenters. The minimum absolute atomic E-state index is 0.00494. The van der Waals surface area contributed by atoms with Gasteiger partial charge in [-0.05, 0) is 103 Å². The molecule has 3 aliphatic carbocycles. The van der Waals surface area contributed by atoms with E-state index in [9.17, 15) is 0 Å². The Morgan fingerprint density at radius 3 is 1.78 bits per heavy atom. The number of nitrogens with zero attached hydrogens (tertiary/aromatic N) is 1. The second-order valence-electron chi connectivity index (χ2n) is 15.0. The molecule has 2 heteroatoms. The molecule has 1 unspecified atom stereocenters. The first-order chi connectivity index (χ1) is 26.7. The van der Waals surface area contributed by atoms with E-state index >= 15 is 4.79 Å². The maximum Gasteiger partial charge on any atom is 0.263 e. The molecule has 54 heavy (non-hydrogen) atoms. The summed E-state index contributed by atoms with van der Waals surface area (Å²) in [7, 11) is 0. The minimum atomic E-state index is -0.475. The van der Waals surface area contributed by atoms with Gasteiger partial charge in [-0.15, -0.1) is 0 Å². The van der Waals surface area contributed by atoms with E-state index in [1.165, 1.54) is 50.1 Å². The molecule has 1 aromatic heterocycles. The number of allylic oxidation sites excluding steroid dienone is 4. The topological polar surface area (TPSA) is 22.0 Å². The Morgan fingerprint density at radius 2 is 1.06 bits per heavy atom. The highest BCUT2D eigenvalue weighted by Gasteiger charge is 2.52. The maximum atomic E-state index is 15.4. The average molecular weight is 688 g/mol. The lowest BCUT2D eigenvalue weighted by molar-refractivity contribution is 0.781. The zero-order valence-electron chi connectivity index (χ0n) is 29.5. The molecule has 0 amide bonds. The van der Waals surface area contributed by atoms with Crippen LogP contribution in [0.15, 0.2) is 186 Å². The summed E-state index contributed by atoms with van der Waals surface area (Å²) in [5, 5.41) is 7.14. The summed E-state index contributed by atoms with van der Waals surface area (Å²) >= 11 is 0. The number of benzene rings is 8. The Kier molecular flexibility index (Phi) is 6.00. The molecule has 0 saturated heterocycles. The number of hydrogen-bond donors (Lipinski definition) is 0. The van der Waals surface area contributed by atoms with E-state index in [0.717, 1.165) is 67.3 Å². The van der Waals surface area contributed by atoms with Crippen LogP contribution in [0.4, 0.5) is 0 Å². The number of aromatic nitrogens is 1. The van der Waals surface area contributed by atoms with E-state index in [2.05, 4.69) is 168 Å². The lowest BCUT2D eigenvalue weighted by atomic mass is 9.69. The molecule has 12 rings (SSSR count). The highest BCUT2D eigenvalue weighted by molar-refractivity contribution is 6.19. The molecule has 8 aromatic carbocycles.